The molecule has 4 N–H and O–H groups in total. The van der Waals surface area contributed by atoms with Gasteiger partial charge in [-0.25, -0.2) is 9.78 Å². The predicted molar refractivity (Wildman–Crippen MR) is 144 cm³/mol. The standard InChI is InChI=1S/C24H40N7O8P/c1-8-9-10-31(40(35)29-14(2)20(33)37-12-23(3,4)5)38-11-15-17(32)24(6,34)21(39-15)30-13-26-16-18(30)27-22(25)28-19(16)36-7/h13-15,17,21,32,34H,8-12H2,1-7H3,(H2,25,27,28)/t14-,15+,17+,21+,24+/m0/s1. The van der Waals surface area contributed by atoms with Gasteiger partial charge in [-0.2, -0.15) is 9.97 Å². The number of aromatic nitrogens is 4. The summed E-state index contributed by atoms with van der Waals surface area (Å²) in [6, 6.07) is -0.974. The molecule has 0 aliphatic carbocycles. The van der Waals surface area contributed by atoms with E-state index in [0.29, 0.717) is 11.9 Å². The minimum Gasteiger partial charge on any atom is -0.593 e. The zero-order valence-corrected chi connectivity index (χ0v) is 24.9. The molecule has 0 bridgehead atoms. The number of nitrogens with zero attached hydrogens (tertiary/aromatic N) is 6. The molecule has 2 aromatic heterocycles. The number of nitrogens with two attached hydrogens (primary N) is 1. The Morgan fingerprint density at radius 2 is 2.12 bits per heavy atom. The summed E-state index contributed by atoms with van der Waals surface area (Å²) in [6.07, 6.45) is -0.753. The van der Waals surface area contributed by atoms with Crippen LogP contribution >= 0.6 is 8.09 Å². The van der Waals surface area contributed by atoms with Crippen LogP contribution in [0.15, 0.2) is 11.1 Å². The zero-order valence-electron chi connectivity index (χ0n) is 24.0. The Bertz CT molecular complexity index is 1200. The summed E-state index contributed by atoms with van der Waals surface area (Å²) < 4.78 is 22.0. The van der Waals surface area contributed by atoms with Crippen LogP contribution in [0.5, 0.6) is 5.88 Å². The molecule has 0 amide bonds. The number of ether oxygens (including phenoxy) is 3. The normalized spacial score (nSPS) is 24.6. The highest BCUT2D eigenvalue weighted by molar-refractivity contribution is 7.36. The van der Waals surface area contributed by atoms with E-state index in [4.69, 9.17) is 24.8 Å². The van der Waals surface area contributed by atoms with Crippen molar-refractivity contribution in [2.45, 2.75) is 84.5 Å². The second-order valence-corrected chi connectivity index (χ2v) is 12.2. The lowest BCUT2D eigenvalue weighted by molar-refractivity contribution is -0.211. The molecule has 1 fully saturated rings. The summed E-state index contributed by atoms with van der Waals surface area (Å²) in [5.41, 5.74) is 4.32. The second-order valence-electron chi connectivity index (χ2n) is 11.1. The van der Waals surface area contributed by atoms with E-state index in [0.717, 1.165) is 11.3 Å². The van der Waals surface area contributed by atoms with Crippen LogP contribution in [0.3, 0.4) is 0 Å². The average molecular weight is 586 g/mol. The van der Waals surface area contributed by atoms with E-state index < -0.39 is 44.1 Å². The minimum absolute atomic E-state index is 0.0696. The van der Waals surface area contributed by atoms with Crippen molar-refractivity contribution in [2.75, 3.05) is 32.6 Å². The summed E-state index contributed by atoms with van der Waals surface area (Å²) in [5, 5.41) is 22.1. The van der Waals surface area contributed by atoms with Crippen molar-refractivity contribution >= 4 is 31.2 Å². The molecule has 6 atom stereocenters. The maximum atomic E-state index is 13.0. The number of rotatable bonds is 12. The molecule has 40 heavy (non-hydrogen) atoms. The van der Waals surface area contributed by atoms with Crippen LogP contribution < -0.4 is 15.4 Å². The van der Waals surface area contributed by atoms with Gasteiger partial charge in [0, 0.05) is 4.83 Å². The lowest BCUT2D eigenvalue weighted by Gasteiger charge is -2.27. The number of fused-ring (bicyclic) bond motifs is 1. The molecule has 0 aromatic carbocycles. The third kappa shape index (κ3) is 7.40. The van der Waals surface area contributed by atoms with E-state index in [9.17, 15) is 19.9 Å². The van der Waals surface area contributed by atoms with Crippen LogP contribution in [0.2, 0.25) is 0 Å². The van der Waals surface area contributed by atoms with E-state index >= 15 is 0 Å². The molecule has 1 aliphatic heterocycles. The molecule has 1 aliphatic rings. The number of unbranched alkanes of at least 4 members (excludes halogenated alkanes) is 1. The quantitative estimate of drug-likeness (QED) is 0.183. The number of hydrogen-bond donors (Lipinski definition) is 3. The Balaban J connectivity index is 1.75. The van der Waals surface area contributed by atoms with Gasteiger partial charge in [0.25, 0.3) is 8.09 Å². The van der Waals surface area contributed by atoms with Gasteiger partial charge in [0.15, 0.2) is 23.4 Å². The highest BCUT2D eigenvalue weighted by Crippen LogP contribution is 2.40. The molecule has 0 saturated carbocycles. The van der Waals surface area contributed by atoms with E-state index in [1.807, 2.05) is 27.7 Å². The number of methoxy groups -OCH3 is 1. The molecule has 3 heterocycles. The van der Waals surface area contributed by atoms with Crippen LogP contribution in [0.25, 0.3) is 11.2 Å². The number of carbonyl (C=O) groups excluding carboxylic acids is 1. The van der Waals surface area contributed by atoms with Crippen molar-refractivity contribution < 1.29 is 38.9 Å². The molecule has 3 rings (SSSR count). The molecule has 1 unspecified atom stereocenters. The number of aliphatic hydroxyl groups excluding tert-OH is 1. The average Bonchev–Trinajstić information content (AvgIpc) is 3.39. The van der Waals surface area contributed by atoms with Crippen LogP contribution in [-0.4, -0.2) is 91.3 Å². The first kappa shape index (κ1) is 32.0. The minimum atomic E-state index is -2.48. The molecule has 16 heteroatoms. The predicted octanol–water partition coefficient (Wildman–Crippen LogP) is 1.29. The second kappa shape index (κ2) is 13.0. The van der Waals surface area contributed by atoms with Crippen molar-refractivity contribution in [3.63, 3.8) is 0 Å². The molecular formula is C24H40N7O8P. The number of esters is 1. The SMILES string of the molecule is CCCCN(OC[C@H]1O[C@@H](n2cnc3c(OC)nc(N)nc32)[C@](C)(O)[C@@H]1O)[P+]([O-])=N[C@@H](C)C(=O)OCC(C)(C)C. The summed E-state index contributed by atoms with van der Waals surface area (Å²) in [7, 11) is -1.07. The third-order valence-corrected chi connectivity index (χ3v) is 7.39. The number of aliphatic hydroxyl groups is 2. The fourth-order valence-electron chi connectivity index (χ4n) is 3.91. The topological polar surface area (TPSA) is 203 Å². The fourth-order valence-corrected chi connectivity index (χ4v) is 4.90. The van der Waals surface area contributed by atoms with Crippen molar-refractivity contribution in [1.29, 1.82) is 0 Å². The van der Waals surface area contributed by atoms with E-state index in [1.54, 1.807) is 0 Å². The molecule has 15 nitrogen and oxygen atoms in total. The van der Waals surface area contributed by atoms with Crippen molar-refractivity contribution in [3.05, 3.63) is 6.33 Å². The molecule has 2 aromatic rings. The van der Waals surface area contributed by atoms with Gasteiger partial charge in [-0.15, -0.1) is 0 Å². The molecule has 0 spiro atoms. The lowest BCUT2D eigenvalue weighted by Crippen LogP contribution is -2.44. The van der Waals surface area contributed by atoms with Crippen LogP contribution in [0.4, 0.5) is 5.95 Å². The van der Waals surface area contributed by atoms with Gasteiger partial charge in [-0.05, 0) is 25.7 Å². The van der Waals surface area contributed by atoms with Gasteiger partial charge in [-0.3, -0.25) is 9.40 Å². The van der Waals surface area contributed by atoms with Gasteiger partial charge in [0.2, 0.25) is 11.8 Å². The summed E-state index contributed by atoms with van der Waals surface area (Å²) in [4.78, 5) is 44.7. The van der Waals surface area contributed by atoms with Crippen LogP contribution in [0, 0.1) is 5.41 Å². The van der Waals surface area contributed by atoms with E-state index in [1.165, 1.54) is 31.9 Å². The number of nitrogen functional groups attached to an aromatic ring is 1. The third-order valence-electron chi connectivity index (χ3n) is 6.15. The number of carbonyl (C=O) groups is 1. The Morgan fingerprint density at radius 3 is 2.75 bits per heavy atom. The van der Waals surface area contributed by atoms with E-state index in [-0.39, 0.29) is 42.6 Å². The summed E-state index contributed by atoms with van der Waals surface area (Å²) >= 11 is 0. The van der Waals surface area contributed by atoms with Gasteiger partial charge < -0.3 is 35.1 Å². The smallest absolute Gasteiger partial charge is 0.334 e. The Hall–Kier alpha value is -2.52. The lowest BCUT2D eigenvalue weighted by atomic mass is 9.96. The summed E-state index contributed by atoms with van der Waals surface area (Å²) in [5.74, 6) is -0.509. The molecule has 0 radical (unpaired) electrons. The number of hydrogen-bond acceptors (Lipinski definition) is 13. The number of anilines is 1. The van der Waals surface area contributed by atoms with E-state index in [2.05, 4.69) is 19.7 Å². The Kier molecular flexibility index (Phi) is 10.4. The summed E-state index contributed by atoms with van der Waals surface area (Å²) in [6.45, 7) is 10.9. The first-order chi connectivity index (χ1) is 18.7. The van der Waals surface area contributed by atoms with Gasteiger partial charge in [0.05, 0.1) is 26.6 Å². The number of imidazole rings is 1. The van der Waals surface area contributed by atoms with Gasteiger partial charge >= 0.3 is 5.97 Å². The largest absolute Gasteiger partial charge is 0.593 e. The van der Waals surface area contributed by atoms with Crippen molar-refractivity contribution in [3.8, 4) is 5.88 Å². The van der Waals surface area contributed by atoms with Gasteiger partial charge in [-0.1, -0.05) is 38.9 Å². The fraction of sp³-hybridized carbons (Fsp3) is 0.750. The van der Waals surface area contributed by atoms with Crippen LogP contribution in [0.1, 0.15) is 60.6 Å². The highest BCUT2D eigenvalue weighted by Gasteiger charge is 2.54. The van der Waals surface area contributed by atoms with Crippen LogP contribution in [-0.2, 0) is 19.1 Å². The monoisotopic (exact) mass is 585 g/mol. The Labute approximate surface area is 234 Å². The first-order valence-corrected chi connectivity index (χ1v) is 14.2. The first-order valence-electron chi connectivity index (χ1n) is 13.0. The number of hydroxylamine groups is 1. The maximum absolute atomic E-state index is 13.0. The molecule has 1 saturated heterocycles. The maximum Gasteiger partial charge on any atom is 0.334 e. The highest BCUT2D eigenvalue weighted by atomic mass is 31.1. The zero-order chi connectivity index (χ0) is 29.8. The Morgan fingerprint density at radius 1 is 1.43 bits per heavy atom. The van der Waals surface area contributed by atoms with Crippen molar-refractivity contribution in [2.24, 2.45) is 10.2 Å². The molecule has 224 valence electrons. The van der Waals surface area contributed by atoms with Gasteiger partial charge in [0.1, 0.15) is 24.4 Å². The van der Waals surface area contributed by atoms with Crippen molar-refractivity contribution in [1.82, 2.24) is 24.4 Å². The molecular weight excluding hydrogens is 545 g/mol.